The first-order valence-electron chi connectivity index (χ1n) is 4.41. The molecule has 0 aromatic heterocycles. The van der Waals surface area contributed by atoms with Gasteiger partial charge in [-0.3, -0.25) is 4.90 Å². The molecular weight excluding hydrogens is 140 g/mol. The van der Waals surface area contributed by atoms with Gasteiger partial charge in [-0.1, -0.05) is 0 Å². The number of hydrogen-bond donors (Lipinski definition) is 2. The van der Waals surface area contributed by atoms with E-state index in [9.17, 15) is 5.11 Å². The van der Waals surface area contributed by atoms with Crippen molar-refractivity contribution in [2.75, 3.05) is 19.6 Å². The second-order valence-electron chi connectivity index (χ2n) is 3.81. The molecule has 0 saturated carbocycles. The molecule has 0 aliphatic carbocycles. The molecule has 2 saturated heterocycles. The van der Waals surface area contributed by atoms with Gasteiger partial charge in [0.1, 0.15) is 0 Å². The van der Waals surface area contributed by atoms with E-state index in [1.165, 1.54) is 0 Å². The van der Waals surface area contributed by atoms with Crippen LogP contribution in [0.2, 0.25) is 0 Å². The molecule has 0 aromatic carbocycles. The average molecular weight is 156 g/mol. The van der Waals surface area contributed by atoms with E-state index in [2.05, 4.69) is 17.1 Å². The highest BCUT2D eigenvalue weighted by Gasteiger charge is 2.34. The van der Waals surface area contributed by atoms with Crippen LogP contribution in [0.15, 0.2) is 0 Å². The number of aliphatic hydroxyl groups is 1. The van der Waals surface area contributed by atoms with Gasteiger partial charge >= 0.3 is 0 Å². The summed E-state index contributed by atoms with van der Waals surface area (Å²) in [6, 6.07) is 1.19. The smallest absolute Gasteiger partial charge is 0.0682 e. The van der Waals surface area contributed by atoms with Crippen molar-refractivity contribution in [3.05, 3.63) is 0 Å². The zero-order valence-electron chi connectivity index (χ0n) is 6.95. The van der Waals surface area contributed by atoms with Crippen LogP contribution < -0.4 is 5.32 Å². The summed E-state index contributed by atoms with van der Waals surface area (Å²) in [7, 11) is 0. The van der Waals surface area contributed by atoms with Crippen molar-refractivity contribution in [3.63, 3.8) is 0 Å². The Balaban J connectivity index is 1.97. The van der Waals surface area contributed by atoms with Gasteiger partial charge in [0.15, 0.2) is 0 Å². The van der Waals surface area contributed by atoms with Crippen LogP contribution in [0.5, 0.6) is 0 Å². The summed E-state index contributed by atoms with van der Waals surface area (Å²) in [6.45, 7) is 5.23. The van der Waals surface area contributed by atoms with Gasteiger partial charge in [-0.25, -0.2) is 0 Å². The molecule has 3 heteroatoms. The normalized spacial score (nSPS) is 45.8. The average Bonchev–Trinajstić information content (AvgIpc) is 2.27. The highest BCUT2D eigenvalue weighted by molar-refractivity contribution is 4.92. The lowest BCUT2D eigenvalue weighted by Gasteiger charge is -2.33. The Hall–Kier alpha value is -0.120. The first kappa shape index (κ1) is 7.53. The SMILES string of the molecule is C[C@H]1CN2C[C@H](O)C[C@@H]2CN1. The first-order valence-corrected chi connectivity index (χ1v) is 4.41. The number of hydrogen-bond acceptors (Lipinski definition) is 3. The minimum atomic E-state index is -0.0768. The van der Waals surface area contributed by atoms with Gasteiger partial charge < -0.3 is 10.4 Å². The van der Waals surface area contributed by atoms with Gasteiger partial charge in [0.2, 0.25) is 0 Å². The summed E-state index contributed by atoms with van der Waals surface area (Å²) in [6.07, 6.45) is 0.881. The fourth-order valence-corrected chi connectivity index (χ4v) is 2.15. The number of nitrogens with zero attached hydrogens (tertiary/aromatic N) is 1. The lowest BCUT2D eigenvalue weighted by atomic mass is 10.1. The molecular formula is C8H16N2O. The quantitative estimate of drug-likeness (QED) is 0.492. The summed E-state index contributed by atoms with van der Waals surface area (Å²) >= 11 is 0. The molecule has 2 aliphatic heterocycles. The summed E-state index contributed by atoms with van der Waals surface area (Å²) in [4.78, 5) is 2.39. The highest BCUT2D eigenvalue weighted by Crippen LogP contribution is 2.19. The molecule has 3 atom stereocenters. The number of fused-ring (bicyclic) bond motifs is 1. The lowest BCUT2D eigenvalue weighted by Crippen LogP contribution is -2.52. The Morgan fingerprint density at radius 1 is 1.45 bits per heavy atom. The number of rotatable bonds is 0. The van der Waals surface area contributed by atoms with Crippen molar-refractivity contribution in [3.8, 4) is 0 Å². The van der Waals surface area contributed by atoms with E-state index >= 15 is 0 Å². The Morgan fingerprint density at radius 2 is 2.27 bits per heavy atom. The second-order valence-corrected chi connectivity index (χ2v) is 3.81. The van der Waals surface area contributed by atoms with Crippen molar-refractivity contribution < 1.29 is 5.11 Å². The molecule has 0 bridgehead atoms. The van der Waals surface area contributed by atoms with Crippen molar-refractivity contribution in [1.82, 2.24) is 10.2 Å². The fraction of sp³-hybridized carbons (Fsp3) is 1.00. The van der Waals surface area contributed by atoms with Gasteiger partial charge in [-0.2, -0.15) is 0 Å². The predicted octanol–water partition coefficient (Wildman–Crippen LogP) is -0.587. The van der Waals surface area contributed by atoms with Crippen LogP contribution in [-0.4, -0.2) is 47.8 Å². The maximum atomic E-state index is 9.38. The number of piperazine rings is 1. The fourth-order valence-electron chi connectivity index (χ4n) is 2.15. The van der Waals surface area contributed by atoms with Crippen molar-refractivity contribution in [2.24, 2.45) is 0 Å². The zero-order chi connectivity index (χ0) is 7.84. The number of aliphatic hydroxyl groups excluding tert-OH is 1. The second kappa shape index (κ2) is 2.73. The highest BCUT2D eigenvalue weighted by atomic mass is 16.3. The molecule has 2 rings (SSSR count). The standard InChI is InChI=1S/C8H16N2O/c1-6-4-10-5-8(11)2-7(10)3-9-6/h6-9,11H,2-5H2,1H3/t6-,7+,8+/m0/s1. The van der Waals surface area contributed by atoms with Crippen molar-refractivity contribution >= 4 is 0 Å². The maximum absolute atomic E-state index is 9.38. The Kier molecular flexibility index (Phi) is 1.87. The van der Waals surface area contributed by atoms with Crippen LogP contribution in [0.25, 0.3) is 0 Å². The molecule has 2 N–H and O–H groups in total. The van der Waals surface area contributed by atoms with E-state index in [1.807, 2.05) is 0 Å². The molecule has 0 spiro atoms. The summed E-state index contributed by atoms with van der Waals surface area (Å²) < 4.78 is 0. The topological polar surface area (TPSA) is 35.5 Å². The van der Waals surface area contributed by atoms with Gasteiger partial charge in [-0.15, -0.1) is 0 Å². The Morgan fingerprint density at radius 3 is 3.09 bits per heavy atom. The van der Waals surface area contributed by atoms with Crippen LogP contribution in [0.3, 0.4) is 0 Å². The first-order chi connectivity index (χ1) is 5.25. The molecule has 0 radical (unpaired) electrons. The lowest BCUT2D eigenvalue weighted by molar-refractivity contribution is 0.157. The third-order valence-electron chi connectivity index (χ3n) is 2.72. The Bertz CT molecular complexity index is 151. The van der Waals surface area contributed by atoms with Gasteiger partial charge in [0.25, 0.3) is 0 Å². The van der Waals surface area contributed by atoms with E-state index in [0.29, 0.717) is 12.1 Å². The molecule has 0 amide bonds. The zero-order valence-corrected chi connectivity index (χ0v) is 6.95. The van der Waals surface area contributed by atoms with Crippen LogP contribution in [0.1, 0.15) is 13.3 Å². The molecule has 2 fully saturated rings. The molecule has 0 unspecified atom stereocenters. The van der Waals surface area contributed by atoms with Crippen LogP contribution in [-0.2, 0) is 0 Å². The third-order valence-corrected chi connectivity index (χ3v) is 2.72. The van der Waals surface area contributed by atoms with E-state index in [0.717, 1.165) is 26.1 Å². The molecule has 0 aromatic rings. The molecule has 2 heterocycles. The molecule has 64 valence electrons. The minimum absolute atomic E-state index is 0.0768. The molecule has 2 aliphatic rings. The van der Waals surface area contributed by atoms with Crippen LogP contribution in [0.4, 0.5) is 0 Å². The summed E-state index contributed by atoms with van der Waals surface area (Å²) in [5, 5.41) is 12.8. The summed E-state index contributed by atoms with van der Waals surface area (Å²) in [5.74, 6) is 0. The molecule has 11 heavy (non-hydrogen) atoms. The van der Waals surface area contributed by atoms with E-state index < -0.39 is 0 Å². The molecule has 3 nitrogen and oxygen atoms in total. The predicted molar refractivity (Wildman–Crippen MR) is 43.4 cm³/mol. The van der Waals surface area contributed by atoms with Gasteiger partial charge in [0.05, 0.1) is 6.10 Å². The summed E-state index contributed by atoms with van der Waals surface area (Å²) in [5.41, 5.74) is 0. The van der Waals surface area contributed by atoms with Crippen molar-refractivity contribution in [2.45, 2.75) is 31.5 Å². The van der Waals surface area contributed by atoms with Crippen LogP contribution in [0, 0.1) is 0 Å². The maximum Gasteiger partial charge on any atom is 0.0682 e. The minimum Gasteiger partial charge on any atom is -0.392 e. The Labute approximate surface area is 67.4 Å². The monoisotopic (exact) mass is 156 g/mol. The van der Waals surface area contributed by atoms with Crippen molar-refractivity contribution in [1.29, 1.82) is 0 Å². The number of nitrogens with one attached hydrogen (secondary N) is 1. The third kappa shape index (κ3) is 1.41. The van der Waals surface area contributed by atoms with E-state index in [-0.39, 0.29) is 6.10 Å². The van der Waals surface area contributed by atoms with E-state index in [1.54, 1.807) is 0 Å². The largest absolute Gasteiger partial charge is 0.392 e. The van der Waals surface area contributed by atoms with Gasteiger partial charge in [-0.05, 0) is 13.3 Å². The van der Waals surface area contributed by atoms with E-state index in [4.69, 9.17) is 0 Å². The van der Waals surface area contributed by atoms with Crippen LogP contribution >= 0.6 is 0 Å². The van der Waals surface area contributed by atoms with Gasteiger partial charge in [0, 0.05) is 31.7 Å².